The van der Waals surface area contributed by atoms with Crippen molar-refractivity contribution >= 4 is 21.9 Å². The maximum Gasteiger partial charge on any atom is 0.417 e. The molecule has 5 heteroatoms. The largest absolute Gasteiger partial charge is 0.417 e. The van der Waals surface area contributed by atoms with Crippen molar-refractivity contribution in [1.29, 1.82) is 0 Å². The number of fused-ring (bicyclic) bond motifs is 3. The first-order valence-electron chi connectivity index (χ1n) is 4.99. The van der Waals surface area contributed by atoms with Crippen LogP contribution in [0.4, 0.5) is 13.2 Å². The summed E-state index contributed by atoms with van der Waals surface area (Å²) >= 11 is 0. The van der Waals surface area contributed by atoms with Gasteiger partial charge in [-0.25, -0.2) is 4.98 Å². The predicted molar refractivity (Wildman–Crippen MR) is 58.6 cm³/mol. The molecule has 0 saturated carbocycles. The van der Waals surface area contributed by atoms with Gasteiger partial charge in [0.15, 0.2) is 0 Å². The van der Waals surface area contributed by atoms with E-state index in [2.05, 4.69) is 9.97 Å². The van der Waals surface area contributed by atoms with E-state index in [-0.39, 0.29) is 0 Å². The molecule has 0 unspecified atom stereocenters. The Morgan fingerprint density at radius 1 is 1.06 bits per heavy atom. The zero-order chi connectivity index (χ0) is 12.0. The fraction of sp³-hybridized carbons (Fsp3) is 0.0833. The molecule has 1 aromatic carbocycles. The number of pyridine rings is 1. The second-order valence-corrected chi connectivity index (χ2v) is 3.79. The number of hydrogen-bond donors (Lipinski definition) is 1. The molecule has 3 rings (SSSR count). The lowest BCUT2D eigenvalue weighted by molar-refractivity contribution is -0.137. The first-order chi connectivity index (χ1) is 8.05. The molecule has 0 radical (unpaired) electrons. The van der Waals surface area contributed by atoms with Gasteiger partial charge in [0.25, 0.3) is 0 Å². The lowest BCUT2D eigenvalue weighted by atomic mass is 10.1. The Morgan fingerprint density at radius 2 is 1.82 bits per heavy atom. The van der Waals surface area contributed by atoms with Crippen LogP contribution < -0.4 is 0 Å². The average molecular weight is 236 g/mol. The van der Waals surface area contributed by atoms with Crippen molar-refractivity contribution in [3.8, 4) is 0 Å². The number of aromatic amines is 1. The van der Waals surface area contributed by atoms with Gasteiger partial charge in [-0.3, -0.25) is 0 Å². The second kappa shape index (κ2) is 3.23. The third kappa shape index (κ3) is 1.54. The third-order valence-electron chi connectivity index (χ3n) is 2.69. The highest BCUT2D eigenvalue weighted by Crippen LogP contribution is 2.32. The quantitative estimate of drug-likeness (QED) is 0.632. The zero-order valence-electron chi connectivity index (χ0n) is 8.55. The predicted octanol–water partition coefficient (Wildman–Crippen LogP) is 3.73. The summed E-state index contributed by atoms with van der Waals surface area (Å²) in [7, 11) is 0. The number of H-pyrrole nitrogens is 1. The zero-order valence-corrected chi connectivity index (χ0v) is 8.55. The Labute approximate surface area is 94.1 Å². The average Bonchev–Trinajstić information content (AvgIpc) is 2.65. The molecule has 2 nitrogen and oxygen atoms in total. The van der Waals surface area contributed by atoms with Crippen LogP contribution in [0.15, 0.2) is 36.5 Å². The van der Waals surface area contributed by atoms with E-state index >= 15 is 0 Å². The minimum absolute atomic E-state index is 0.471. The molecule has 0 saturated heterocycles. The SMILES string of the molecule is FC(F)(F)c1cnc2[nH]c3ccccc3c2c1. The Morgan fingerprint density at radius 3 is 2.59 bits per heavy atom. The number of para-hydroxylation sites is 1. The van der Waals surface area contributed by atoms with E-state index in [1.165, 1.54) is 0 Å². The molecule has 0 atom stereocenters. The highest BCUT2D eigenvalue weighted by Gasteiger charge is 2.31. The Hall–Kier alpha value is -2.04. The van der Waals surface area contributed by atoms with Crippen LogP contribution in [0, 0.1) is 0 Å². The van der Waals surface area contributed by atoms with Crippen LogP contribution in [0.2, 0.25) is 0 Å². The van der Waals surface area contributed by atoms with Crippen molar-refractivity contribution in [1.82, 2.24) is 9.97 Å². The Balaban J connectivity index is 2.38. The normalized spacial score (nSPS) is 12.4. The molecule has 17 heavy (non-hydrogen) atoms. The molecule has 0 aliphatic carbocycles. The van der Waals surface area contributed by atoms with Gasteiger partial charge >= 0.3 is 6.18 Å². The minimum Gasteiger partial charge on any atom is -0.339 e. The van der Waals surface area contributed by atoms with Gasteiger partial charge in [0.1, 0.15) is 5.65 Å². The Bertz CT molecular complexity index is 698. The van der Waals surface area contributed by atoms with Gasteiger partial charge in [-0.05, 0) is 12.1 Å². The van der Waals surface area contributed by atoms with Crippen molar-refractivity contribution in [2.45, 2.75) is 6.18 Å². The molecular formula is C12H7F3N2. The van der Waals surface area contributed by atoms with Crippen LogP contribution in [-0.2, 0) is 6.18 Å². The van der Waals surface area contributed by atoms with Crippen molar-refractivity contribution in [2.24, 2.45) is 0 Å². The summed E-state index contributed by atoms with van der Waals surface area (Å²) in [5.41, 5.74) is 0.531. The molecule has 0 bridgehead atoms. The number of nitrogens with one attached hydrogen (secondary N) is 1. The van der Waals surface area contributed by atoms with Gasteiger partial charge < -0.3 is 4.98 Å². The lowest BCUT2D eigenvalue weighted by Gasteiger charge is -2.05. The summed E-state index contributed by atoms with van der Waals surface area (Å²) in [5, 5.41) is 1.25. The maximum absolute atomic E-state index is 12.6. The maximum atomic E-state index is 12.6. The van der Waals surface area contributed by atoms with Crippen LogP contribution in [-0.4, -0.2) is 9.97 Å². The highest BCUT2D eigenvalue weighted by atomic mass is 19.4. The smallest absolute Gasteiger partial charge is 0.339 e. The van der Waals surface area contributed by atoms with Gasteiger partial charge in [-0.15, -0.1) is 0 Å². The van der Waals surface area contributed by atoms with Gasteiger partial charge in [0.05, 0.1) is 5.56 Å². The summed E-state index contributed by atoms with van der Waals surface area (Å²) in [4.78, 5) is 6.79. The molecule has 0 fully saturated rings. The number of halogens is 3. The second-order valence-electron chi connectivity index (χ2n) is 3.79. The molecule has 1 N–H and O–H groups in total. The van der Waals surface area contributed by atoms with Crippen LogP contribution in [0.5, 0.6) is 0 Å². The molecule has 2 aromatic heterocycles. The van der Waals surface area contributed by atoms with E-state index in [1.807, 2.05) is 12.1 Å². The number of alkyl halides is 3. The Kier molecular flexibility index (Phi) is 1.92. The van der Waals surface area contributed by atoms with Crippen LogP contribution >= 0.6 is 0 Å². The number of rotatable bonds is 0. The third-order valence-corrected chi connectivity index (χ3v) is 2.69. The molecule has 0 aliphatic rings. The van der Waals surface area contributed by atoms with Crippen LogP contribution in [0.25, 0.3) is 21.9 Å². The van der Waals surface area contributed by atoms with E-state index in [1.54, 1.807) is 12.1 Å². The summed E-state index contributed by atoms with van der Waals surface area (Å²) < 4.78 is 37.7. The van der Waals surface area contributed by atoms with Gasteiger partial charge in [0, 0.05) is 22.5 Å². The van der Waals surface area contributed by atoms with Crippen LogP contribution in [0.3, 0.4) is 0 Å². The van der Waals surface area contributed by atoms with Crippen molar-refractivity contribution in [2.75, 3.05) is 0 Å². The van der Waals surface area contributed by atoms with E-state index in [9.17, 15) is 13.2 Å². The summed E-state index contributed by atoms with van der Waals surface area (Å²) in [6.45, 7) is 0. The van der Waals surface area contributed by atoms with Gasteiger partial charge in [-0.1, -0.05) is 18.2 Å². The molecule has 3 aromatic rings. The minimum atomic E-state index is -4.36. The fourth-order valence-electron chi connectivity index (χ4n) is 1.88. The number of benzene rings is 1. The summed E-state index contributed by atoms with van der Waals surface area (Å²) in [5.74, 6) is 0. The molecule has 86 valence electrons. The number of aromatic nitrogens is 2. The van der Waals surface area contributed by atoms with Crippen LogP contribution in [0.1, 0.15) is 5.56 Å². The molecule has 0 spiro atoms. The summed E-state index contributed by atoms with van der Waals surface area (Å²) in [6.07, 6.45) is -3.52. The van der Waals surface area contributed by atoms with Crippen molar-refractivity contribution in [3.63, 3.8) is 0 Å². The van der Waals surface area contributed by atoms with E-state index < -0.39 is 11.7 Å². The molecular weight excluding hydrogens is 229 g/mol. The standard InChI is InChI=1S/C12H7F3N2/c13-12(14,15)7-5-9-8-3-1-2-4-10(8)17-11(9)16-6-7/h1-6H,(H,16,17). The highest BCUT2D eigenvalue weighted by molar-refractivity contribution is 6.05. The van der Waals surface area contributed by atoms with E-state index in [4.69, 9.17) is 0 Å². The fourth-order valence-corrected chi connectivity index (χ4v) is 1.88. The first kappa shape index (κ1) is 10.1. The number of nitrogens with zero attached hydrogens (tertiary/aromatic N) is 1. The topological polar surface area (TPSA) is 28.7 Å². The van der Waals surface area contributed by atoms with E-state index in [0.29, 0.717) is 11.0 Å². The monoisotopic (exact) mass is 236 g/mol. The molecule has 0 amide bonds. The van der Waals surface area contributed by atoms with Gasteiger partial charge in [0.2, 0.25) is 0 Å². The molecule has 0 aliphatic heterocycles. The summed E-state index contributed by atoms with van der Waals surface area (Å²) in [6, 6.07) is 8.32. The van der Waals surface area contributed by atoms with Crippen molar-refractivity contribution in [3.05, 3.63) is 42.1 Å². The van der Waals surface area contributed by atoms with E-state index in [0.717, 1.165) is 23.2 Å². The first-order valence-corrected chi connectivity index (χ1v) is 4.99. The van der Waals surface area contributed by atoms with Gasteiger partial charge in [-0.2, -0.15) is 13.2 Å². The van der Waals surface area contributed by atoms with Crippen molar-refractivity contribution < 1.29 is 13.2 Å². The number of hydrogen-bond acceptors (Lipinski definition) is 1. The lowest BCUT2D eigenvalue weighted by Crippen LogP contribution is -2.04. The molecule has 2 heterocycles.